The molecule has 0 bridgehead atoms. The van der Waals surface area contributed by atoms with E-state index in [1.54, 1.807) is 11.8 Å². The van der Waals surface area contributed by atoms with Crippen LogP contribution in [0.1, 0.15) is 66.4 Å². The Balaban J connectivity index is 0.00000506. The van der Waals surface area contributed by atoms with Gasteiger partial charge in [-0.05, 0) is 84.2 Å². The number of carboxylic acid groups (broad SMARTS) is 1. The SMILES string of the molecule is CSCC[C@H](NC(=O)c1ccc(CNC(CSc2ccccc2)CC2CCCCC2)cc1-c1ccccc1C)C(=O)O.[LiH]. The molecule has 1 amide bonds. The van der Waals surface area contributed by atoms with Crippen LogP contribution in [0.5, 0.6) is 0 Å². The molecule has 8 heteroatoms. The number of rotatable bonds is 15. The number of hydrogen-bond acceptors (Lipinski definition) is 5. The molecule has 1 aliphatic carbocycles. The number of aliphatic carboxylic acids is 1. The summed E-state index contributed by atoms with van der Waals surface area (Å²) in [5.74, 6) is 1.09. The van der Waals surface area contributed by atoms with Gasteiger partial charge in [0.05, 0.1) is 0 Å². The molecule has 3 aromatic carbocycles. The summed E-state index contributed by atoms with van der Waals surface area (Å²) in [6, 6.07) is 24.1. The van der Waals surface area contributed by atoms with Crippen LogP contribution < -0.4 is 10.6 Å². The molecule has 1 fully saturated rings. The monoisotopic (exact) mass is 612 g/mol. The van der Waals surface area contributed by atoms with Crippen LogP contribution in [0.3, 0.4) is 0 Å². The number of amides is 1. The Labute approximate surface area is 278 Å². The number of benzene rings is 3. The maximum absolute atomic E-state index is 13.4. The van der Waals surface area contributed by atoms with Crippen molar-refractivity contribution in [2.24, 2.45) is 5.92 Å². The molecule has 0 saturated heterocycles. The van der Waals surface area contributed by atoms with Gasteiger partial charge in [0.1, 0.15) is 6.04 Å². The first-order valence-electron chi connectivity index (χ1n) is 15.1. The predicted octanol–water partition coefficient (Wildman–Crippen LogP) is 7.17. The Morgan fingerprint density at radius 3 is 2.37 bits per heavy atom. The molecule has 0 heterocycles. The van der Waals surface area contributed by atoms with Crippen molar-refractivity contribution in [1.82, 2.24) is 10.6 Å². The van der Waals surface area contributed by atoms with Crippen molar-refractivity contribution in [1.29, 1.82) is 0 Å². The third-order valence-corrected chi connectivity index (χ3v) is 9.93. The summed E-state index contributed by atoms with van der Waals surface area (Å²) in [6.07, 6.45) is 10.2. The summed E-state index contributed by atoms with van der Waals surface area (Å²) in [5.41, 5.74) is 4.51. The molecule has 3 aromatic rings. The fourth-order valence-electron chi connectivity index (χ4n) is 5.74. The van der Waals surface area contributed by atoms with Crippen molar-refractivity contribution >= 4 is 54.3 Å². The first-order chi connectivity index (χ1) is 20.4. The molecule has 0 radical (unpaired) electrons. The van der Waals surface area contributed by atoms with Crippen LogP contribution in [0, 0.1) is 12.8 Å². The van der Waals surface area contributed by atoms with E-state index in [9.17, 15) is 14.7 Å². The molecular weight excluding hydrogens is 567 g/mol. The minimum absolute atomic E-state index is 0. The Morgan fingerprint density at radius 2 is 1.67 bits per heavy atom. The number of thioether (sulfide) groups is 2. The first-order valence-corrected chi connectivity index (χ1v) is 17.4. The van der Waals surface area contributed by atoms with E-state index in [2.05, 4.69) is 47.0 Å². The third-order valence-electron chi connectivity index (χ3n) is 8.11. The number of hydrogen-bond donors (Lipinski definition) is 3. The van der Waals surface area contributed by atoms with E-state index in [1.165, 1.54) is 43.4 Å². The van der Waals surface area contributed by atoms with E-state index in [0.717, 1.165) is 33.9 Å². The Bertz CT molecular complexity index is 1300. The Kier molecular flexibility index (Phi) is 15.3. The number of carbonyl (C=O) groups excluding carboxylic acids is 1. The van der Waals surface area contributed by atoms with Crippen molar-refractivity contribution in [3.63, 3.8) is 0 Å². The van der Waals surface area contributed by atoms with Crippen molar-refractivity contribution in [3.05, 3.63) is 89.5 Å². The van der Waals surface area contributed by atoms with E-state index >= 15 is 0 Å². The predicted molar refractivity (Wildman–Crippen MR) is 185 cm³/mol. The molecule has 226 valence electrons. The normalized spacial score (nSPS) is 14.8. The van der Waals surface area contributed by atoms with Gasteiger partial charge in [-0.2, -0.15) is 11.8 Å². The van der Waals surface area contributed by atoms with Crippen LogP contribution in [0.4, 0.5) is 0 Å². The van der Waals surface area contributed by atoms with Crippen LogP contribution in [-0.4, -0.2) is 65.7 Å². The van der Waals surface area contributed by atoms with Gasteiger partial charge in [-0.15, -0.1) is 11.8 Å². The average Bonchev–Trinajstić information content (AvgIpc) is 3.01. The van der Waals surface area contributed by atoms with Crippen molar-refractivity contribution < 1.29 is 14.7 Å². The van der Waals surface area contributed by atoms with Crippen LogP contribution in [-0.2, 0) is 11.3 Å². The average molecular weight is 613 g/mol. The van der Waals surface area contributed by atoms with Crippen LogP contribution in [0.2, 0.25) is 0 Å². The fraction of sp³-hybridized carbons (Fsp3) is 0.429. The number of carboxylic acids is 1. The van der Waals surface area contributed by atoms with Gasteiger partial charge in [0, 0.05) is 28.8 Å². The summed E-state index contributed by atoms with van der Waals surface area (Å²) < 4.78 is 0. The fourth-order valence-corrected chi connectivity index (χ4v) is 7.21. The van der Waals surface area contributed by atoms with Gasteiger partial charge < -0.3 is 15.7 Å². The summed E-state index contributed by atoms with van der Waals surface area (Å²) >= 11 is 3.48. The van der Waals surface area contributed by atoms with Crippen molar-refractivity contribution in [3.8, 4) is 11.1 Å². The van der Waals surface area contributed by atoms with E-state index in [4.69, 9.17) is 0 Å². The molecule has 1 saturated carbocycles. The van der Waals surface area contributed by atoms with E-state index < -0.39 is 12.0 Å². The van der Waals surface area contributed by atoms with Crippen LogP contribution >= 0.6 is 23.5 Å². The van der Waals surface area contributed by atoms with Gasteiger partial charge in [-0.1, -0.05) is 80.6 Å². The summed E-state index contributed by atoms with van der Waals surface area (Å²) in [5, 5.41) is 16.3. The van der Waals surface area contributed by atoms with Gasteiger partial charge >= 0.3 is 24.8 Å². The standard InChI is InChI=1S/C35H44N2O3S2.Li.H/c1-25-11-9-10-16-30(25)32-22-27(17-18-31(32)34(38)37-33(35(39)40)19-20-41-2)23-36-28(21-26-12-5-3-6-13-26)24-42-29-14-7-4-8-15-29;;/h4,7-11,14-18,22,26,28,33,36H,3,5-6,12-13,19-21,23-24H2,1-2H3,(H,37,38)(H,39,40);;/t28?,33-;;/m0../s1. The van der Waals surface area contributed by atoms with Crippen LogP contribution in [0.15, 0.2) is 77.7 Å². The van der Waals surface area contributed by atoms with E-state index in [0.29, 0.717) is 30.3 Å². The minimum atomic E-state index is -1.01. The Morgan fingerprint density at radius 1 is 0.953 bits per heavy atom. The van der Waals surface area contributed by atoms with Gasteiger partial charge in [-0.25, -0.2) is 4.79 Å². The second-order valence-corrected chi connectivity index (χ2v) is 13.4. The molecule has 5 nitrogen and oxygen atoms in total. The van der Waals surface area contributed by atoms with Crippen LogP contribution in [0.25, 0.3) is 11.1 Å². The third kappa shape index (κ3) is 11.1. The maximum atomic E-state index is 13.4. The molecule has 2 atom stereocenters. The zero-order chi connectivity index (χ0) is 29.7. The summed E-state index contributed by atoms with van der Waals surface area (Å²) in [4.78, 5) is 26.6. The molecule has 0 spiro atoms. The topological polar surface area (TPSA) is 78.4 Å². The Hall–Kier alpha value is -2.14. The number of nitrogens with one attached hydrogen (secondary N) is 2. The molecule has 1 aliphatic rings. The second kappa shape index (κ2) is 18.6. The van der Waals surface area contributed by atoms with Crippen molar-refractivity contribution in [2.75, 3.05) is 17.8 Å². The van der Waals surface area contributed by atoms with E-state index in [-0.39, 0.29) is 24.8 Å². The zero-order valence-corrected chi connectivity index (χ0v) is 26.4. The van der Waals surface area contributed by atoms with Gasteiger partial charge in [0.2, 0.25) is 0 Å². The quantitative estimate of drug-likeness (QED) is 0.125. The van der Waals surface area contributed by atoms with Gasteiger partial charge in [-0.3, -0.25) is 4.79 Å². The summed E-state index contributed by atoms with van der Waals surface area (Å²) in [7, 11) is 0. The van der Waals surface area contributed by atoms with Gasteiger partial charge in [0.25, 0.3) is 5.91 Å². The molecule has 0 aliphatic heterocycles. The van der Waals surface area contributed by atoms with Crippen molar-refractivity contribution in [2.45, 2.75) is 75.4 Å². The van der Waals surface area contributed by atoms with E-state index in [1.807, 2.05) is 61.3 Å². The molecule has 43 heavy (non-hydrogen) atoms. The molecule has 1 unspecified atom stereocenters. The second-order valence-electron chi connectivity index (χ2n) is 11.3. The zero-order valence-electron chi connectivity index (χ0n) is 24.8. The molecule has 3 N–H and O–H groups in total. The number of carbonyl (C=O) groups is 2. The number of aryl methyl sites for hydroxylation is 1. The molecule has 4 rings (SSSR count). The molecular formula is C35H45LiN2O3S2. The molecule has 0 aromatic heterocycles. The summed E-state index contributed by atoms with van der Waals surface area (Å²) in [6.45, 7) is 2.75. The first kappa shape index (κ1) is 35.3. The van der Waals surface area contributed by atoms with Gasteiger partial charge in [0.15, 0.2) is 0 Å².